The Kier molecular flexibility index (Phi) is 3.88. The first-order valence-electron chi connectivity index (χ1n) is 7.66. The Morgan fingerprint density at radius 1 is 0.522 bits per heavy atom. The van der Waals surface area contributed by atoms with Gasteiger partial charge in [-0.2, -0.15) is 0 Å². The van der Waals surface area contributed by atoms with Crippen LogP contribution in [0, 0.1) is 3.57 Å². The van der Waals surface area contributed by atoms with E-state index in [1.165, 1.54) is 36.6 Å². The number of benzene rings is 4. The molecule has 0 bridgehead atoms. The van der Waals surface area contributed by atoms with Crippen molar-refractivity contribution in [3.05, 3.63) is 94.6 Å². The van der Waals surface area contributed by atoms with Crippen LogP contribution in [0.1, 0.15) is 0 Å². The third-order valence-corrected chi connectivity index (χ3v) is 5.31. The molecule has 4 aromatic carbocycles. The molecule has 23 heavy (non-hydrogen) atoms. The molecule has 0 unspecified atom stereocenters. The van der Waals surface area contributed by atoms with Crippen LogP contribution in [0.4, 0.5) is 0 Å². The van der Waals surface area contributed by atoms with E-state index in [1.54, 1.807) is 0 Å². The van der Waals surface area contributed by atoms with Crippen molar-refractivity contribution < 1.29 is 0 Å². The number of halogens is 1. The summed E-state index contributed by atoms with van der Waals surface area (Å²) >= 11 is 2.48. The minimum absolute atomic E-state index is 1.26. The summed E-state index contributed by atoms with van der Waals surface area (Å²) in [5.74, 6) is 0. The predicted molar refractivity (Wildman–Crippen MR) is 108 cm³/mol. The molecular weight excluding hydrogens is 391 g/mol. The van der Waals surface area contributed by atoms with E-state index in [0.29, 0.717) is 0 Å². The molecule has 110 valence electrons. The van der Waals surface area contributed by atoms with Crippen LogP contribution >= 0.6 is 22.6 Å². The summed E-state index contributed by atoms with van der Waals surface area (Å²) in [6, 6.07) is 32.3. The van der Waals surface area contributed by atoms with E-state index in [0.717, 1.165) is 0 Å². The monoisotopic (exact) mass is 406 g/mol. The molecule has 0 aliphatic rings. The Labute approximate surface area is 149 Å². The third-order valence-electron chi connectivity index (χ3n) is 4.15. The summed E-state index contributed by atoms with van der Waals surface area (Å²) in [6.45, 7) is 0. The highest BCUT2D eigenvalue weighted by atomic mass is 127. The van der Waals surface area contributed by atoms with Crippen molar-refractivity contribution in [2.45, 2.75) is 0 Å². The third kappa shape index (κ3) is 2.77. The van der Waals surface area contributed by atoms with Gasteiger partial charge in [-0.05, 0) is 61.7 Å². The van der Waals surface area contributed by atoms with Gasteiger partial charge < -0.3 is 0 Å². The molecule has 0 heterocycles. The van der Waals surface area contributed by atoms with Gasteiger partial charge in [-0.1, -0.05) is 84.9 Å². The first-order chi connectivity index (χ1) is 11.3. The van der Waals surface area contributed by atoms with E-state index in [4.69, 9.17) is 0 Å². The van der Waals surface area contributed by atoms with Gasteiger partial charge >= 0.3 is 0 Å². The predicted octanol–water partition coefficient (Wildman–Crippen LogP) is 6.78. The lowest BCUT2D eigenvalue weighted by Gasteiger charge is -2.10. The lowest BCUT2D eigenvalue weighted by molar-refractivity contribution is 1.60. The zero-order valence-corrected chi connectivity index (χ0v) is 14.7. The highest BCUT2D eigenvalue weighted by molar-refractivity contribution is 14.1. The highest BCUT2D eigenvalue weighted by Crippen LogP contribution is 2.33. The van der Waals surface area contributed by atoms with E-state index in [9.17, 15) is 0 Å². The SMILES string of the molecule is Ic1c(-c2ccccc2)ccc2ccc(-c3ccccc3)cc12. The molecule has 0 radical (unpaired) electrons. The normalized spacial score (nSPS) is 10.8. The summed E-state index contributed by atoms with van der Waals surface area (Å²) in [6.07, 6.45) is 0. The Bertz CT molecular complexity index is 952. The largest absolute Gasteiger partial charge is 0.0622 e. The molecule has 0 N–H and O–H groups in total. The van der Waals surface area contributed by atoms with Crippen molar-refractivity contribution in [1.29, 1.82) is 0 Å². The van der Waals surface area contributed by atoms with E-state index in [2.05, 4.69) is 114 Å². The van der Waals surface area contributed by atoms with Crippen LogP contribution in [0.3, 0.4) is 0 Å². The smallest absolute Gasteiger partial charge is 0.0287 e. The van der Waals surface area contributed by atoms with Gasteiger partial charge in [0.1, 0.15) is 0 Å². The molecule has 0 saturated carbocycles. The van der Waals surface area contributed by atoms with Crippen molar-refractivity contribution in [2.24, 2.45) is 0 Å². The van der Waals surface area contributed by atoms with Gasteiger partial charge in [0.05, 0.1) is 0 Å². The average molecular weight is 406 g/mol. The fourth-order valence-electron chi connectivity index (χ4n) is 2.93. The minimum Gasteiger partial charge on any atom is -0.0622 e. The molecule has 4 rings (SSSR count). The van der Waals surface area contributed by atoms with Crippen LogP contribution in [0.5, 0.6) is 0 Å². The van der Waals surface area contributed by atoms with E-state index >= 15 is 0 Å². The summed E-state index contributed by atoms with van der Waals surface area (Å²) < 4.78 is 1.31. The Morgan fingerprint density at radius 3 is 1.83 bits per heavy atom. The molecule has 0 atom stereocenters. The zero-order valence-electron chi connectivity index (χ0n) is 12.5. The van der Waals surface area contributed by atoms with E-state index < -0.39 is 0 Å². The first-order valence-corrected chi connectivity index (χ1v) is 8.74. The Balaban J connectivity index is 1.92. The maximum absolute atomic E-state index is 2.48. The molecule has 0 amide bonds. The summed E-state index contributed by atoms with van der Waals surface area (Å²) in [7, 11) is 0. The minimum atomic E-state index is 1.26. The molecule has 0 aliphatic carbocycles. The molecular formula is C22H15I. The lowest BCUT2D eigenvalue weighted by Crippen LogP contribution is -1.87. The molecule has 4 aromatic rings. The molecule has 0 aliphatic heterocycles. The van der Waals surface area contributed by atoms with Crippen LogP contribution in [0.2, 0.25) is 0 Å². The van der Waals surface area contributed by atoms with Crippen LogP contribution in [0.15, 0.2) is 91.0 Å². The second-order valence-corrected chi connectivity index (χ2v) is 6.67. The quantitative estimate of drug-likeness (QED) is 0.322. The Morgan fingerprint density at radius 2 is 1.13 bits per heavy atom. The maximum Gasteiger partial charge on any atom is 0.0287 e. The molecule has 0 fully saturated rings. The first kappa shape index (κ1) is 14.5. The van der Waals surface area contributed by atoms with Gasteiger partial charge in [-0.3, -0.25) is 0 Å². The molecule has 0 saturated heterocycles. The van der Waals surface area contributed by atoms with Gasteiger partial charge in [0.15, 0.2) is 0 Å². The second-order valence-electron chi connectivity index (χ2n) is 5.60. The maximum atomic E-state index is 2.48. The van der Waals surface area contributed by atoms with Crippen molar-refractivity contribution in [1.82, 2.24) is 0 Å². The standard InChI is InChI=1S/C22H15I/c23-22-20(17-9-5-2-6-10-17)14-13-18-11-12-19(15-21(18)22)16-7-3-1-4-8-16/h1-15H. The van der Waals surface area contributed by atoms with Crippen LogP contribution in [-0.2, 0) is 0 Å². The van der Waals surface area contributed by atoms with Crippen molar-refractivity contribution in [3.63, 3.8) is 0 Å². The summed E-state index contributed by atoms with van der Waals surface area (Å²) in [5, 5.41) is 2.60. The van der Waals surface area contributed by atoms with Crippen LogP contribution in [-0.4, -0.2) is 0 Å². The molecule has 0 nitrogen and oxygen atoms in total. The van der Waals surface area contributed by atoms with Crippen molar-refractivity contribution in [2.75, 3.05) is 0 Å². The number of hydrogen-bond donors (Lipinski definition) is 0. The average Bonchev–Trinajstić information content (AvgIpc) is 2.63. The second kappa shape index (κ2) is 6.17. The zero-order chi connectivity index (χ0) is 15.6. The van der Waals surface area contributed by atoms with Gasteiger partial charge in [-0.15, -0.1) is 0 Å². The fraction of sp³-hybridized carbons (Fsp3) is 0. The lowest BCUT2D eigenvalue weighted by atomic mass is 9.98. The number of hydrogen-bond acceptors (Lipinski definition) is 0. The summed E-state index contributed by atoms with van der Waals surface area (Å²) in [5.41, 5.74) is 5.09. The Hall–Kier alpha value is -2.13. The fourth-order valence-corrected chi connectivity index (χ4v) is 3.89. The highest BCUT2D eigenvalue weighted by Gasteiger charge is 2.08. The van der Waals surface area contributed by atoms with Gasteiger partial charge in [-0.25, -0.2) is 0 Å². The van der Waals surface area contributed by atoms with Crippen molar-refractivity contribution >= 4 is 33.4 Å². The topological polar surface area (TPSA) is 0 Å². The van der Waals surface area contributed by atoms with E-state index in [-0.39, 0.29) is 0 Å². The number of rotatable bonds is 2. The van der Waals surface area contributed by atoms with E-state index in [1.807, 2.05) is 0 Å². The number of fused-ring (bicyclic) bond motifs is 1. The van der Waals surface area contributed by atoms with Crippen molar-refractivity contribution in [3.8, 4) is 22.3 Å². The molecule has 0 spiro atoms. The summed E-state index contributed by atoms with van der Waals surface area (Å²) in [4.78, 5) is 0. The van der Waals surface area contributed by atoms with Crippen LogP contribution in [0.25, 0.3) is 33.0 Å². The van der Waals surface area contributed by atoms with Gasteiger partial charge in [0, 0.05) is 3.57 Å². The molecule has 0 aromatic heterocycles. The van der Waals surface area contributed by atoms with Gasteiger partial charge in [0.25, 0.3) is 0 Å². The molecule has 1 heteroatoms. The van der Waals surface area contributed by atoms with Gasteiger partial charge in [0.2, 0.25) is 0 Å². The van der Waals surface area contributed by atoms with Crippen LogP contribution < -0.4 is 0 Å².